The van der Waals surface area contributed by atoms with Crippen LogP contribution in [0, 0.1) is 11.7 Å². The van der Waals surface area contributed by atoms with Gasteiger partial charge in [-0.1, -0.05) is 54.6 Å². The van der Waals surface area contributed by atoms with Gasteiger partial charge in [-0.15, -0.1) is 11.6 Å². The smallest absolute Gasteiger partial charge is 0.262 e. The van der Waals surface area contributed by atoms with Crippen LogP contribution >= 0.6 is 11.6 Å². The van der Waals surface area contributed by atoms with Crippen LogP contribution in [0.25, 0.3) is 11.1 Å². The van der Waals surface area contributed by atoms with Gasteiger partial charge in [0.25, 0.3) is 11.8 Å². The predicted octanol–water partition coefficient (Wildman–Crippen LogP) is 7.09. The Kier molecular flexibility index (Phi) is 10.7. The Balaban J connectivity index is 0.843. The Morgan fingerprint density at radius 2 is 1.39 bits per heavy atom. The number of phenols is 1. The van der Waals surface area contributed by atoms with Crippen molar-refractivity contribution in [3.05, 3.63) is 125 Å². The molecule has 59 heavy (non-hydrogen) atoms. The van der Waals surface area contributed by atoms with E-state index in [-0.39, 0.29) is 41.8 Å². The Labute approximate surface area is 348 Å². The zero-order valence-corrected chi connectivity index (χ0v) is 33.5. The maximum Gasteiger partial charge on any atom is 0.262 e. The number of fused-ring (bicyclic) bond motifs is 3. The van der Waals surface area contributed by atoms with E-state index >= 15 is 4.39 Å². The summed E-state index contributed by atoms with van der Waals surface area (Å²) < 4.78 is 15.9. The molecule has 0 spiro atoms. The molecule has 4 fully saturated rings. The number of carbonyl (C=O) groups excluding carboxylic acids is 4. The SMILES string of the molecule is O=C1CCC(N2C(=O)c3cc(F)c(N4C5CCC4CN(CC4CCN(c6ccc(C(=C(CCCl)c7ccccc7)c7ccc(O)cc7)cc6)CC4)C5)cc3C2=O)C(=O)N1. The maximum absolute atomic E-state index is 15.9. The molecule has 0 radical (unpaired) electrons. The second-order valence-corrected chi connectivity index (χ2v) is 16.9. The summed E-state index contributed by atoms with van der Waals surface area (Å²) in [5, 5.41) is 12.3. The molecule has 12 heteroatoms. The number of rotatable bonds is 10. The van der Waals surface area contributed by atoms with Gasteiger partial charge in [0.1, 0.15) is 17.6 Å². The van der Waals surface area contributed by atoms with Gasteiger partial charge in [0.15, 0.2) is 0 Å². The second kappa shape index (κ2) is 16.3. The van der Waals surface area contributed by atoms with Crippen LogP contribution in [0.1, 0.15) is 82.4 Å². The topological polar surface area (TPSA) is 114 Å². The molecule has 4 aromatic carbocycles. The second-order valence-electron chi connectivity index (χ2n) is 16.5. The highest BCUT2D eigenvalue weighted by molar-refractivity contribution is 6.24. The summed E-state index contributed by atoms with van der Waals surface area (Å²) >= 11 is 6.36. The van der Waals surface area contributed by atoms with Crippen molar-refractivity contribution < 1.29 is 28.7 Å². The molecular formula is C47H47ClFN5O5. The number of amides is 4. The van der Waals surface area contributed by atoms with Crippen LogP contribution in [-0.2, 0) is 9.59 Å². The van der Waals surface area contributed by atoms with E-state index in [1.807, 2.05) is 30.3 Å². The van der Waals surface area contributed by atoms with Gasteiger partial charge >= 0.3 is 0 Å². The van der Waals surface area contributed by atoms with Crippen molar-refractivity contribution in [3.8, 4) is 5.75 Å². The molecule has 4 saturated heterocycles. The molecule has 4 aromatic rings. The average Bonchev–Trinajstić information content (AvgIpc) is 3.64. The van der Waals surface area contributed by atoms with Gasteiger partial charge in [-0.25, -0.2) is 4.39 Å². The lowest BCUT2D eigenvalue weighted by Gasteiger charge is -2.44. The maximum atomic E-state index is 15.9. The number of piperazine rings is 1. The highest BCUT2D eigenvalue weighted by Gasteiger charge is 2.47. The predicted molar refractivity (Wildman–Crippen MR) is 226 cm³/mol. The first-order valence-electron chi connectivity index (χ1n) is 20.7. The number of carbonyl (C=O) groups is 4. The third kappa shape index (κ3) is 7.51. The summed E-state index contributed by atoms with van der Waals surface area (Å²) in [6, 6.07) is 28.3. The number of benzene rings is 4. The molecule has 5 aliphatic heterocycles. The number of imide groups is 2. The summed E-state index contributed by atoms with van der Waals surface area (Å²) in [5.41, 5.74) is 7.12. The number of hydrogen-bond donors (Lipinski definition) is 2. The van der Waals surface area contributed by atoms with Gasteiger partial charge in [0.05, 0.1) is 16.8 Å². The molecule has 2 bridgehead atoms. The number of hydrogen-bond acceptors (Lipinski definition) is 8. The lowest BCUT2D eigenvalue weighted by molar-refractivity contribution is -0.136. The van der Waals surface area contributed by atoms with Crippen molar-refractivity contribution in [3.63, 3.8) is 0 Å². The van der Waals surface area contributed by atoms with Crippen molar-refractivity contribution in [2.45, 2.75) is 63.1 Å². The van der Waals surface area contributed by atoms with Gasteiger partial charge in [0, 0.05) is 62.8 Å². The van der Waals surface area contributed by atoms with Crippen LogP contribution in [0.3, 0.4) is 0 Å². The first-order chi connectivity index (χ1) is 28.7. The van der Waals surface area contributed by atoms with Gasteiger partial charge in [-0.3, -0.25) is 34.3 Å². The van der Waals surface area contributed by atoms with Gasteiger partial charge in [0.2, 0.25) is 11.8 Å². The van der Waals surface area contributed by atoms with Gasteiger partial charge in [-0.05, 0) is 109 Å². The number of halogens is 2. The summed E-state index contributed by atoms with van der Waals surface area (Å²) in [6.45, 7) is 4.51. The van der Waals surface area contributed by atoms with Crippen LogP contribution < -0.4 is 15.1 Å². The number of allylic oxidation sites excluding steroid dienone is 1. The number of likely N-dealkylation sites (tertiary alicyclic amines) is 1. The van der Waals surface area contributed by atoms with Crippen LogP contribution in [0.15, 0.2) is 91.0 Å². The fourth-order valence-corrected chi connectivity index (χ4v) is 10.3. The van der Waals surface area contributed by atoms with Gasteiger partial charge < -0.3 is 14.9 Å². The van der Waals surface area contributed by atoms with E-state index < -0.39 is 35.5 Å². The highest BCUT2D eigenvalue weighted by Crippen LogP contribution is 2.41. The highest BCUT2D eigenvalue weighted by atomic mass is 35.5. The van der Waals surface area contributed by atoms with Crippen LogP contribution in [0.2, 0.25) is 0 Å². The summed E-state index contributed by atoms with van der Waals surface area (Å²) in [6.07, 6.45) is 4.77. The van der Waals surface area contributed by atoms with E-state index in [0.29, 0.717) is 23.9 Å². The number of aromatic hydroxyl groups is 1. The zero-order valence-electron chi connectivity index (χ0n) is 32.8. The molecule has 10 nitrogen and oxygen atoms in total. The van der Waals surface area contributed by atoms with Gasteiger partial charge in [-0.2, -0.15) is 0 Å². The number of nitrogens with zero attached hydrogens (tertiary/aromatic N) is 4. The molecule has 2 N–H and O–H groups in total. The minimum atomic E-state index is -1.09. The van der Waals surface area contributed by atoms with E-state index in [1.54, 1.807) is 12.1 Å². The standard InChI is InChI=1S/C47H47ClFN5O5/c48-21-18-37(30-4-2-1-3-5-30)44(32-8-14-36(55)15-9-32)31-6-10-33(11-7-31)52-22-19-29(20-23-52)26-51-27-34-12-13-35(28-51)53(34)42-25-39-38(24-40(42)49)46(58)54(47(39)59)41-16-17-43(56)50-45(41)57/h1-11,14-15,24-25,29,34-35,41,55H,12-13,16-23,26-28H2,(H,50,56,57). The molecule has 5 heterocycles. The fraction of sp³-hybridized carbons (Fsp3) is 0.362. The lowest BCUT2D eigenvalue weighted by Crippen LogP contribution is -2.55. The Morgan fingerprint density at radius 1 is 0.763 bits per heavy atom. The fourth-order valence-electron chi connectivity index (χ4n) is 10.1. The summed E-state index contributed by atoms with van der Waals surface area (Å²) in [5.74, 6) is -1.72. The molecule has 9 rings (SSSR count). The molecule has 3 atom stereocenters. The van der Waals surface area contributed by atoms with E-state index in [0.717, 1.165) is 97.2 Å². The summed E-state index contributed by atoms with van der Waals surface area (Å²) in [7, 11) is 0. The largest absolute Gasteiger partial charge is 0.508 e. The molecule has 304 valence electrons. The van der Waals surface area contributed by atoms with Crippen molar-refractivity contribution in [2.75, 3.05) is 48.4 Å². The van der Waals surface area contributed by atoms with Crippen molar-refractivity contribution in [1.29, 1.82) is 0 Å². The zero-order chi connectivity index (χ0) is 40.8. The minimum absolute atomic E-state index is 0.0270. The third-order valence-electron chi connectivity index (χ3n) is 12.9. The number of anilines is 2. The molecule has 0 aromatic heterocycles. The van der Waals surface area contributed by atoms with Crippen molar-refractivity contribution in [1.82, 2.24) is 15.1 Å². The van der Waals surface area contributed by atoms with Crippen LogP contribution in [0.5, 0.6) is 5.75 Å². The molecule has 5 aliphatic rings. The average molecular weight is 816 g/mol. The minimum Gasteiger partial charge on any atom is -0.508 e. The Hall–Kier alpha value is -5.52. The molecule has 3 unspecified atom stereocenters. The Bertz CT molecular complexity index is 2300. The monoisotopic (exact) mass is 815 g/mol. The van der Waals surface area contributed by atoms with Crippen LogP contribution in [-0.4, -0.2) is 95.3 Å². The van der Waals surface area contributed by atoms with E-state index in [9.17, 15) is 24.3 Å². The Morgan fingerprint density at radius 3 is 2.02 bits per heavy atom. The summed E-state index contributed by atoms with van der Waals surface area (Å²) in [4.78, 5) is 59.0. The number of piperidine rings is 2. The first-order valence-corrected chi connectivity index (χ1v) is 21.3. The normalized spacial score (nSPS) is 22.8. The quantitative estimate of drug-likeness (QED) is 0.0992. The molecule has 0 saturated carbocycles. The third-order valence-corrected chi connectivity index (χ3v) is 13.1. The van der Waals surface area contributed by atoms with Crippen LogP contribution in [0.4, 0.5) is 15.8 Å². The van der Waals surface area contributed by atoms with Crippen molar-refractivity contribution in [2.24, 2.45) is 5.92 Å². The molecular weight excluding hydrogens is 769 g/mol. The number of phenolic OH excluding ortho intramolecular Hbond substituents is 1. The molecule has 0 aliphatic carbocycles. The van der Waals surface area contributed by atoms with E-state index in [4.69, 9.17) is 11.6 Å². The van der Waals surface area contributed by atoms with Crippen molar-refractivity contribution >= 4 is 57.8 Å². The molecule has 4 amide bonds. The van der Waals surface area contributed by atoms with E-state index in [2.05, 4.69) is 56.4 Å². The lowest BCUT2D eigenvalue weighted by atomic mass is 9.88. The first kappa shape index (κ1) is 39.0. The number of alkyl halides is 1. The van der Waals surface area contributed by atoms with E-state index in [1.165, 1.54) is 11.8 Å². The number of nitrogens with one attached hydrogen (secondary N) is 1.